The van der Waals surface area contributed by atoms with Gasteiger partial charge in [-0.15, -0.1) is 0 Å². The third kappa shape index (κ3) is 6.75. The van der Waals surface area contributed by atoms with Gasteiger partial charge in [0.1, 0.15) is 5.60 Å². The number of carbonyl (C=O) groups is 2. The topological polar surface area (TPSA) is 55.8 Å². The number of fused-ring (bicyclic) bond motifs is 1. The fraction of sp³-hybridized carbons (Fsp3) is 0.455. The van der Waals surface area contributed by atoms with Crippen molar-refractivity contribution >= 4 is 22.8 Å². The fourth-order valence-electron chi connectivity index (χ4n) is 5.59. The molecule has 1 aliphatic rings. The maximum atomic E-state index is 13.6. The SMILES string of the molecule is CC(C)OC(=O)Cc1ccc(C2CCC(N(C(=O)OC(C)(C)C)C(C)c3cccc4ccccc34)C2)cc1. The van der Waals surface area contributed by atoms with E-state index < -0.39 is 5.60 Å². The molecule has 1 amide bonds. The van der Waals surface area contributed by atoms with Crippen LogP contribution in [0.5, 0.6) is 0 Å². The van der Waals surface area contributed by atoms with E-state index in [0.717, 1.165) is 35.8 Å². The zero-order chi connectivity index (χ0) is 27.4. The fourth-order valence-corrected chi connectivity index (χ4v) is 5.59. The first-order valence-electron chi connectivity index (χ1n) is 13.8. The van der Waals surface area contributed by atoms with Crippen molar-refractivity contribution in [3.63, 3.8) is 0 Å². The first-order valence-corrected chi connectivity index (χ1v) is 13.8. The highest BCUT2D eigenvalue weighted by Gasteiger charge is 2.38. The maximum absolute atomic E-state index is 13.6. The van der Waals surface area contributed by atoms with Gasteiger partial charge in [0.25, 0.3) is 0 Å². The van der Waals surface area contributed by atoms with E-state index in [0.29, 0.717) is 5.92 Å². The summed E-state index contributed by atoms with van der Waals surface area (Å²) < 4.78 is 11.2. The molecule has 0 bridgehead atoms. The van der Waals surface area contributed by atoms with Gasteiger partial charge in [-0.3, -0.25) is 9.69 Å². The van der Waals surface area contributed by atoms with E-state index in [4.69, 9.17) is 9.47 Å². The van der Waals surface area contributed by atoms with Crippen molar-refractivity contribution in [1.29, 1.82) is 0 Å². The summed E-state index contributed by atoms with van der Waals surface area (Å²) >= 11 is 0. The number of ether oxygens (including phenoxy) is 2. The van der Waals surface area contributed by atoms with E-state index in [9.17, 15) is 9.59 Å². The number of rotatable bonds is 7. The quantitative estimate of drug-likeness (QED) is 0.299. The number of amides is 1. The van der Waals surface area contributed by atoms with Crippen molar-refractivity contribution < 1.29 is 19.1 Å². The van der Waals surface area contributed by atoms with E-state index in [2.05, 4.69) is 49.4 Å². The molecular weight excluding hydrogens is 474 g/mol. The van der Waals surface area contributed by atoms with Gasteiger partial charge >= 0.3 is 12.1 Å². The lowest BCUT2D eigenvalue weighted by Crippen LogP contribution is -2.44. The van der Waals surface area contributed by atoms with Crippen LogP contribution >= 0.6 is 0 Å². The number of nitrogens with zero attached hydrogens (tertiary/aromatic N) is 1. The third-order valence-electron chi connectivity index (χ3n) is 7.26. The average molecular weight is 516 g/mol. The Kier molecular flexibility index (Phi) is 8.44. The summed E-state index contributed by atoms with van der Waals surface area (Å²) in [5.74, 6) is 0.144. The summed E-state index contributed by atoms with van der Waals surface area (Å²) in [6.07, 6.45) is 2.70. The molecule has 3 unspecified atom stereocenters. The molecule has 0 radical (unpaired) electrons. The number of hydrogen-bond acceptors (Lipinski definition) is 4. The van der Waals surface area contributed by atoms with Gasteiger partial charge in [-0.2, -0.15) is 0 Å². The summed E-state index contributed by atoms with van der Waals surface area (Å²) in [6.45, 7) is 11.6. The van der Waals surface area contributed by atoms with Crippen LogP contribution in [0.3, 0.4) is 0 Å². The molecule has 0 aliphatic heterocycles. The van der Waals surface area contributed by atoms with Gasteiger partial charge in [0, 0.05) is 6.04 Å². The molecule has 202 valence electrons. The first kappa shape index (κ1) is 27.7. The summed E-state index contributed by atoms with van der Waals surface area (Å²) in [6, 6.07) is 22.9. The Morgan fingerprint density at radius 1 is 0.921 bits per heavy atom. The van der Waals surface area contributed by atoms with Gasteiger partial charge in [-0.05, 0) is 94.2 Å². The zero-order valence-electron chi connectivity index (χ0n) is 23.6. The van der Waals surface area contributed by atoms with E-state index >= 15 is 0 Å². The van der Waals surface area contributed by atoms with Crippen LogP contribution in [-0.2, 0) is 20.7 Å². The lowest BCUT2D eigenvalue weighted by Gasteiger charge is -2.37. The predicted molar refractivity (Wildman–Crippen MR) is 152 cm³/mol. The minimum atomic E-state index is -0.571. The zero-order valence-corrected chi connectivity index (χ0v) is 23.6. The Labute approximate surface area is 227 Å². The van der Waals surface area contributed by atoms with Crippen LogP contribution < -0.4 is 0 Å². The second-order valence-corrected chi connectivity index (χ2v) is 11.8. The van der Waals surface area contributed by atoms with Gasteiger partial charge in [0.2, 0.25) is 0 Å². The van der Waals surface area contributed by atoms with Crippen LogP contribution in [0.15, 0.2) is 66.7 Å². The van der Waals surface area contributed by atoms with E-state index in [-0.39, 0.29) is 36.7 Å². The second-order valence-electron chi connectivity index (χ2n) is 11.8. The monoisotopic (exact) mass is 515 g/mol. The number of esters is 1. The first-order chi connectivity index (χ1) is 18.0. The van der Waals surface area contributed by atoms with Gasteiger partial charge in [0.15, 0.2) is 0 Å². The smallest absolute Gasteiger partial charge is 0.411 e. The summed E-state index contributed by atoms with van der Waals surface area (Å²) in [7, 11) is 0. The predicted octanol–water partition coefficient (Wildman–Crippen LogP) is 7.97. The molecule has 0 N–H and O–H groups in total. The highest BCUT2D eigenvalue weighted by Crippen LogP contribution is 2.41. The lowest BCUT2D eigenvalue weighted by atomic mass is 9.95. The largest absolute Gasteiger partial charge is 0.463 e. The van der Waals surface area contributed by atoms with Crippen molar-refractivity contribution in [2.24, 2.45) is 0 Å². The average Bonchev–Trinajstić information content (AvgIpc) is 3.32. The Morgan fingerprint density at radius 2 is 1.61 bits per heavy atom. The molecule has 38 heavy (non-hydrogen) atoms. The molecule has 3 aromatic carbocycles. The van der Waals surface area contributed by atoms with Gasteiger partial charge < -0.3 is 9.47 Å². The molecule has 0 heterocycles. The van der Waals surface area contributed by atoms with Crippen LogP contribution in [-0.4, -0.2) is 34.7 Å². The molecule has 1 saturated carbocycles. The molecule has 0 saturated heterocycles. The molecule has 3 aromatic rings. The Balaban J connectivity index is 1.54. The third-order valence-corrected chi connectivity index (χ3v) is 7.26. The molecule has 0 aromatic heterocycles. The van der Waals surface area contributed by atoms with Crippen LogP contribution in [0.2, 0.25) is 0 Å². The molecule has 3 atom stereocenters. The molecule has 0 spiro atoms. The van der Waals surface area contributed by atoms with Crippen molar-refractivity contribution in [2.45, 2.75) is 96.9 Å². The number of hydrogen-bond donors (Lipinski definition) is 0. The Bertz CT molecular complexity index is 1250. The molecule has 1 aliphatic carbocycles. The summed E-state index contributed by atoms with van der Waals surface area (Å²) in [5.41, 5.74) is 2.76. The van der Waals surface area contributed by atoms with Crippen LogP contribution in [0.25, 0.3) is 10.8 Å². The standard InChI is InChI=1S/C33H41NO4/c1-22(2)37-31(35)20-24-14-16-25(17-15-24)27-18-19-28(21-27)34(32(36)38-33(4,5)6)23(3)29-13-9-11-26-10-7-8-12-30(26)29/h7-17,22-23,27-28H,18-21H2,1-6H3. The van der Waals surface area contributed by atoms with E-state index in [1.54, 1.807) is 0 Å². The van der Waals surface area contributed by atoms with Gasteiger partial charge in [-0.25, -0.2) is 4.79 Å². The minimum absolute atomic E-state index is 0.0736. The highest BCUT2D eigenvalue weighted by atomic mass is 16.6. The molecule has 5 heteroatoms. The Morgan fingerprint density at radius 3 is 2.29 bits per heavy atom. The highest BCUT2D eigenvalue weighted by molar-refractivity contribution is 5.86. The minimum Gasteiger partial charge on any atom is -0.463 e. The van der Waals surface area contributed by atoms with Gasteiger partial charge in [0.05, 0.1) is 18.6 Å². The molecule has 5 nitrogen and oxygen atoms in total. The molecule has 4 rings (SSSR count). The van der Waals surface area contributed by atoms with Crippen LogP contribution in [0.4, 0.5) is 4.79 Å². The number of carbonyl (C=O) groups excluding carboxylic acids is 2. The van der Waals surface area contributed by atoms with Gasteiger partial charge in [-0.1, -0.05) is 66.7 Å². The second kappa shape index (κ2) is 11.6. The van der Waals surface area contributed by atoms with Crippen molar-refractivity contribution in [3.8, 4) is 0 Å². The summed E-state index contributed by atoms with van der Waals surface area (Å²) in [4.78, 5) is 27.6. The normalized spacial score (nSPS) is 18.4. The van der Waals surface area contributed by atoms with E-state index in [1.165, 1.54) is 10.9 Å². The number of benzene rings is 3. The van der Waals surface area contributed by atoms with Crippen LogP contribution in [0, 0.1) is 0 Å². The van der Waals surface area contributed by atoms with Crippen molar-refractivity contribution in [2.75, 3.05) is 0 Å². The lowest BCUT2D eigenvalue weighted by molar-refractivity contribution is -0.146. The summed E-state index contributed by atoms with van der Waals surface area (Å²) in [5, 5.41) is 2.33. The van der Waals surface area contributed by atoms with Crippen molar-refractivity contribution in [1.82, 2.24) is 4.90 Å². The molecular formula is C33H41NO4. The van der Waals surface area contributed by atoms with E-state index in [1.807, 2.05) is 63.8 Å². The molecule has 1 fully saturated rings. The maximum Gasteiger partial charge on any atom is 0.411 e. The van der Waals surface area contributed by atoms with Crippen molar-refractivity contribution in [3.05, 3.63) is 83.4 Å². The Hall–Kier alpha value is -3.34. The van der Waals surface area contributed by atoms with Crippen LogP contribution in [0.1, 0.15) is 89.5 Å².